The second kappa shape index (κ2) is 11.8. The van der Waals surface area contributed by atoms with Crippen LogP contribution in [0.2, 0.25) is 0 Å². The zero-order chi connectivity index (χ0) is 29.1. The molecule has 0 aliphatic rings. The maximum atomic E-state index is 13.9. The monoisotopic (exact) mass is 530 g/mol. The number of ketones is 1. The van der Waals surface area contributed by atoms with Gasteiger partial charge in [0.15, 0.2) is 5.78 Å². The molecule has 0 unspecified atom stereocenters. The van der Waals surface area contributed by atoms with Gasteiger partial charge >= 0.3 is 6.09 Å². The van der Waals surface area contributed by atoms with Gasteiger partial charge in [0.25, 0.3) is 5.56 Å². The first kappa shape index (κ1) is 31.2. The van der Waals surface area contributed by atoms with Gasteiger partial charge in [-0.15, -0.1) is 0 Å². The molecule has 0 aliphatic heterocycles. The summed E-state index contributed by atoms with van der Waals surface area (Å²) in [5.41, 5.74) is -1.20. The highest BCUT2D eigenvalue weighted by molar-refractivity contribution is 5.90. The van der Waals surface area contributed by atoms with Crippen molar-refractivity contribution in [2.45, 2.75) is 101 Å². The number of unbranched alkanes of at least 4 members (excludes halogenated alkanes) is 1. The first-order valence-electron chi connectivity index (χ1n) is 13.4. The van der Waals surface area contributed by atoms with E-state index in [2.05, 4.69) is 6.92 Å². The van der Waals surface area contributed by atoms with Gasteiger partial charge in [-0.3, -0.25) is 14.5 Å². The average Bonchev–Trinajstić information content (AvgIpc) is 2.76. The number of hydrogen-bond donors (Lipinski definition) is 1. The van der Waals surface area contributed by atoms with E-state index in [-0.39, 0.29) is 29.9 Å². The molecular formula is C30H46N2O6. The highest BCUT2D eigenvalue weighted by atomic mass is 16.5. The lowest BCUT2D eigenvalue weighted by Gasteiger charge is -2.35. The minimum atomic E-state index is -1.08. The van der Waals surface area contributed by atoms with E-state index in [1.807, 2.05) is 62.3 Å². The number of carboxylic acid groups (broad SMARTS) is 1. The third-order valence-corrected chi connectivity index (χ3v) is 6.23. The molecule has 0 aliphatic carbocycles. The van der Waals surface area contributed by atoms with Crippen LogP contribution < -0.4 is 15.0 Å². The quantitative estimate of drug-likeness (QED) is 0.352. The number of nitrogens with zero attached hydrogens (tertiary/aromatic N) is 2. The first-order valence-corrected chi connectivity index (χ1v) is 13.4. The number of pyridine rings is 1. The van der Waals surface area contributed by atoms with Crippen molar-refractivity contribution in [1.29, 1.82) is 0 Å². The standard InChI is InChI=1S/C30H46N2O6/c1-11-12-15-37-25-22-16-20(38-18-24(33)29(5,6)7)13-14-21(22)26(34)31(19-28(2,3)4)23(25)17-32(27(35)36)30(8,9)10/h13-14,16H,11-12,15,17-19H2,1-10H3,(H,35,36). The molecule has 1 aromatic carbocycles. The minimum Gasteiger partial charge on any atom is -0.491 e. The summed E-state index contributed by atoms with van der Waals surface area (Å²) in [7, 11) is 0. The number of carbonyl (C=O) groups is 2. The Morgan fingerprint density at radius 1 is 0.974 bits per heavy atom. The van der Waals surface area contributed by atoms with Crippen molar-refractivity contribution in [3.8, 4) is 11.5 Å². The molecule has 0 fully saturated rings. The third kappa shape index (κ3) is 7.98. The number of carbonyl (C=O) groups excluding carboxylic acids is 1. The number of Topliss-reactive ketones (excluding diaryl/α,β-unsaturated/α-hetero) is 1. The summed E-state index contributed by atoms with van der Waals surface area (Å²) in [6.45, 7) is 19.9. The molecule has 8 heteroatoms. The van der Waals surface area contributed by atoms with Crippen LogP contribution in [0.4, 0.5) is 4.79 Å². The summed E-state index contributed by atoms with van der Waals surface area (Å²) in [4.78, 5) is 39.9. The molecule has 0 saturated heterocycles. The van der Waals surface area contributed by atoms with Crippen LogP contribution in [0.1, 0.15) is 87.8 Å². The molecule has 212 valence electrons. The van der Waals surface area contributed by atoms with E-state index in [1.54, 1.807) is 22.8 Å². The number of rotatable bonds is 10. The van der Waals surface area contributed by atoms with E-state index < -0.39 is 17.0 Å². The van der Waals surface area contributed by atoms with Gasteiger partial charge in [-0.25, -0.2) is 4.79 Å². The lowest BCUT2D eigenvalue weighted by molar-refractivity contribution is -0.128. The van der Waals surface area contributed by atoms with E-state index in [0.29, 0.717) is 41.1 Å². The number of hydrogen-bond acceptors (Lipinski definition) is 5. The van der Waals surface area contributed by atoms with Crippen molar-refractivity contribution in [3.63, 3.8) is 0 Å². The van der Waals surface area contributed by atoms with Crippen molar-refractivity contribution >= 4 is 22.6 Å². The molecule has 1 amide bonds. The van der Waals surface area contributed by atoms with Crippen LogP contribution in [0.3, 0.4) is 0 Å². The Morgan fingerprint density at radius 2 is 1.61 bits per heavy atom. The predicted octanol–water partition coefficient (Wildman–Crippen LogP) is 6.50. The van der Waals surface area contributed by atoms with Gasteiger partial charge < -0.3 is 19.1 Å². The van der Waals surface area contributed by atoms with Gasteiger partial charge in [0.05, 0.1) is 24.2 Å². The van der Waals surface area contributed by atoms with Crippen LogP contribution in [-0.4, -0.2) is 45.2 Å². The number of fused-ring (bicyclic) bond motifs is 1. The zero-order valence-electron chi connectivity index (χ0n) is 24.9. The summed E-state index contributed by atoms with van der Waals surface area (Å²) in [6.07, 6.45) is 0.642. The SMILES string of the molecule is CCCCOc1c(CN(C(=O)O)C(C)(C)C)n(CC(C)(C)C)c(=O)c2ccc(OCC(=O)C(C)(C)C)cc12. The van der Waals surface area contributed by atoms with Gasteiger partial charge in [0, 0.05) is 22.9 Å². The van der Waals surface area contributed by atoms with Crippen molar-refractivity contribution in [1.82, 2.24) is 9.47 Å². The Balaban J connectivity index is 2.82. The number of ether oxygens (including phenoxy) is 2. The Hall–Kier alpha value is -3.03. The van der Waals surface area contributed by atoms with Gasteiger partial charge in [-0.1, -0.05) is 54.9 Å². The van der Waals surface area contributed by atoms with Crippen LogP contribution in [0, 0.1) is 10.8 Å². The van der Waals surface area contributed by atoms with Gasteiger partial charge in [0.1, 0.15) is 18.1 Å². The summed E-state index contributed by atoms with van der Waals surface area (Å²) in [5.74, 6) is 0.876. The maximum Gasteiger partial charge on any atom is 0.408 e. The molecule has 8 nitrogen and oxygen atoms in total. The lowest BCUT2D eigenvalue weighted by atomic mass is 9.91. The lowest BCUT2D eigenvalue weighted by Crippen LogP contribution is -2.45. The summed E-state index contributed by atoms with van der Waals surface area (Å²) in [6, 6.07) is 5.11. The molecule has 0 atom stereocenters. The normalized spacial score (nSPS) is 12.5. The van der Waals surface area contributed by atoms with Crippen LogP contribution in [0.5, 0.6) is 11.5 Å². The molecule has 2 aromatic rings. The van der Waals surface area contributed by atoms with Crippen LogP contribution >= 0.6 is 0 Å². The Kier molecular flexibility index (Phi) is 9.67. The van der Waals surface area contributed by atoms with Crippen molar-refractivity contribution in [2.24, 2.45) is 10.8 Å². The summed E-state index contributed by atoms with van der Waals surface area (Å²) < 4.78 is 13.8. The predicted molar refractivity (Wildman–Crippen MR) is 151 cm³/mol. The van der Waals surface area contributed by atoms with E-state index in [9.17, 15) is 19.5 Å². The first-order chi connectivity index (χ1) is 17.4. The number of aromatic nitrogens is 1. The summed E-state index contributed by atoms with van der Waals surface area (Å²) >= 11 is 0. The fourth-order valence-corrected chi connectivity index (χ4v) is 3.92. The Bertz CT molecular complexity index is 1210. The van der Waals surface area contributed by atoms with Crippen LogP contribution in [-0.2, 0) is 17.9 Å². The third-order valence-electron chi connectivity index (χ3n) is 6.23. The van der Waals surface area contributed by atoms with Gasteiger partial charge in [-0.05, 0) is 50.8 Å². The van der Waals surface area contributed by atoms with E-state index in [4.69, 9.17) is 9.47 Å². The van der Waals surface area contributed by atoms with Crippen molar-refractivity contribution in [2.75, 3.05) is 13.2 Å². The average molecular weight is 531 g/mol. The van der Waals surface area contributed by atoms with Crippen LogP contribution in [0.25, 0.3) is 10.8 Å². The highest BCUT2D eigenvalue weighted by Crippen LogP contribution is 2.34. The van der Waals surface area contributed by atoms with E-state index in [1.165, 1.54) is 4.90 Å². The maximum absolute atomic E-state index is 13.9. The molecule has 0 radical (unpaired) electrons. The molecule has 0 bridgehead atoms. The molecule has 2 rings (SSSR count). The Morgan fingerprint density at radius 3 is 2.11 bits per heavy atom. The largest absolute Gasteiger partial charge is 0.491 e. The topological polar surface area (TPSA) is 98.1 Å². The Labute approximate surface area is 226 Å². The fourth-order valence-electron chi connectivity index (χ4n) is 3.92. The number of benzene rings is 1. The second-order valence-electron chi connectivity index (χ2n) is 13.1. The van der Waals surface area contributed by atoms with Crippen molar-refractivity contribution in [3.05, 3.63) is 34.2 Å². The van der Waals surface area contributed by atoms with E-state index in [0.717, 1.165) is 12.8 Å². The summed E-state index contributed by atoms with van der Waals surface area (Å²) in [5, 5.41) is 11.1. The minimum absolute atomic E-state index is 0.0187. The van der Waals surface area contributed by atoms with Crippen LogP contribution in [0.15, 0.2) is 23.0 Å². The molecule has 1 N–H and O–H groups in total. The van der Waals surface area contributed by atoms with E-state index >= 15 is 0 Å². The second-order valence-corrected chi connectivity index (χ2v) is 13.1. The van der Waals surface area contributed by atoms with Gasteiger partial charge in [0.2, 0.25) is 0 Å². The molecular weight excluding hydrogens is 484 g/mol. The fraction of sp³-hybridized carbons (Fsp3) is 0.633. The zero-order valence-corrected chi connectivity index (χ0v) is 24.9. The molecule has 1 aromatic heterocycles. The van der Waals surface area contributed by atoms with Gasteiger partial charge in [-0.2, -0.15) is 0 Å². The molecule has 38 heavy (non-hydrogen) atoms. The highest BCUT2D eigenvalue weighted by Gasteiger charge is 2.31. The smallest absolute Gasteiger partial charge is 0.408 e. The number of amides is 1. The van der Waals surface area contributed by atoms with Crippen molar-refractivity contribution < 1.29 is 24.2 Å². The molecule has 0 saturated carbocycles. The molecule has 0 spiro atoms. The molecule has 1 heterocycles.